The minimum Gasteiger partial charge on any atom is -0.374 e. The van der Waals surface area contributed by atoms with Gasteiger partial charge in [0.05, 0.1) is 12.2 Å². The quantitative estimate of drug-likeness (QED) is 0.692. The normalized spacial score (nSPS) is 26.8. The number of rotatable bonds is 3. The Labute approximate surface area is 88.6 Å². The second kappa shape index (κ2) is 4.63. The van der Waals surface area contributed by atoms with Gasteiger partial charge in [-0.05, 0) is 46.6 Å². The molecule has 84 valence electrons. The van der Waals surface area contributed by atoms with Crippen molar-refractivity contribution in [1.29, 1.82) is 0 Å². The summed E-state index contributed by atoms with van der Waals surface area (Å²) in [5.74, 6) is 0.868. The summed E-state index contributed by atoms with van der Waals surface area (Å²) < 4.78 is 5.80. The summed E-state index contributed by atoms with van der Waals surface area (Å²) in [5.41, 5.74) is -0.000396. The van der Waals surface area contributed by atoms with E-state index in [1.54, 1.807) is 0 Å². The fourth-order valence-corrected chi connectivity index (χ4v) is 1.85. The fraction of sp³-hybridized carbons (Fsp3) is 1.00. The van der Waals surface area contributed by atoms with Crippen LogP contribution in [0, 0.1) is 5.92 Å². The SMILES string of the molecule is C[C@@H]1CCN([C@@H](C)COC(C)(C)C)C1. The largest absolute Gasteiger partial charge is 0.374 e. The minimum absolute atomic E-state index is 0.000396. The highest BCUT2D eigenvalue weighted by atomic mass is 16.5. The van der Waals surface area contributed by atoms with Crippen molar-refractivity contribution in [3.8, 4) is 0 Å². The van der Waals surface area contributed by atoms with Crippen LogP contribution in [0.5, 0.6) is 0 Å². The summed E-state index contributed by atoms with van der Waals surface area (Å²) in [6, 6.07) is 0.569. The van der Waals surface area contributed by atoms with Crippen LogP contribution in [0.25, 0.3) is 0 Å². The predicted molar refractivity (Wildman–Crippen MR) is 60.5 cm³/mol. The van der Waals surface area contributed by atoms with E-state index in [-0.39, 0.29) is 5.60 Å². The molecule has 1 saturated heterocycles. The van der Waals surface area contributed by atoms with Gasteiger partial charge in [-0.1, -0.05) is 6.92 Å². The van der Waals surface area contributed by atoms with Crippen LogP contribution in [0.15, 0.2) is 0 Å². The van der Waals surface area contributed by atoms with Gasteiger partial charge in [0.25, 0.3) is 0 Å². The third-order valence-electron chi connectivity index (χ3n) is 2.84. The Morgan fingerprint density at radius 3 is 2.50 bits per heavy atom. The molecule has 1 fully saturated rings. The van der Waals surface area contributed by atoms with Gasteiger partial charge >= 0.3 is 0 Å². The minimum atomic E-state index is -0.000396. The number of hydrogen-bond acceptors (Lipinski definition) is 2. The van der Waals surface area contributed by atoms with Crippen molar-refractivity contribution in [2.45, 2.75) is 52.7 Å². The zero-order chi connectivity index (χ0) is 10.8. The van der Waals surface area contributed by atoms with Gasteiger partial charge in [0.2, 0.25) is 0 Å². The Bertz CT molecular complexity index is 174. The van der Waals surface area contributed by atoms with Gasteiger partial charge in [-0.3, -0.25) is 4.90 Å². The number of likely N-dealkylation sites (tertiary alicyclic amines) is 1. The van der Waals surface area contributed by atoms with Crippen LogP contribution in [0.4, 0.5) is 0 Å². The third-order valence-corrected chi connectivity index (χ3v) is 2.84. The molecule has 0 unspecified atom stereocenters. The van der Waals surface area contributed by atoms with Gasteiger partial charge in [-0.25, -0.2) is 0 Å². The van der Waals surface area contributed by atoms with E-state index in [1.165, 1.54) is 19.5 Å². The van der Waals surface area contributed by atoms with Gasteiger partial charge < -0.3 is 4.74 Å². The van der Waals surface area contributed by atoms with E-state index in [4.69, 9.17) is 4.74 Å². The lowest BCUT2D eigenvalue weighted by Crippen LogP contribution is -2.37. The molecule has 0 N–H and O–H groups in total. The molecule has 2 nitrogen and oxygen atoms in total. The molecule has 0 saturated carbocycles. The summed E-state index contributed by atoms with van der Waals surface area (Å²) in [7, 11) is 0. The molecule has 1 heterocycles. The first kappa shape index (κ1) is 12.0. The fourth-order valence-electron chi connectivity index (χ4n) is 1.85. The average molecular weight is 199 g/mol. The predicted octanol–water partition coefficient (Wildman–Crippen LogP) is 2.53. The molecule has 14 heavy (non-hydrogen) atoms. The molecule has 0 aromatic rings. The molecule has 0 aromatic carbocycles. The van der Waals surface area contributed by atoms with Crippen molar-refractivity contribution in [2.24, 2.45) is 5.92 Å². The molecule has 0 aromatic heterocycles. The highest BCUT2D eigenvalue weighted by Crippen LogP contribution is 2.18. The molecule has 0 radical (unpaired) electrons. The average Bonchev–Trinajstić information content (AvgIpc) is 2.46. The summed E-state index contributed by atoms with van der Waals surface area (Å²) in [4.78, 5) is 2.54. The smallest absolute Gasteiger partial charge is 0.0626 e. The molecule has 1 aliphatic rings. The van der Waals surface area contributed by atoms with Crippen LogP contribution >= 0.6 is 0 Å². The van der Waals surface area contributed by atoms with Crippen molar-refractivity contribution in [1.82, 2.24) is 4.90 Å². The van der Waals surface area contributed by atoms with Gasteiger partial charge in [-0.15, -0.1) is 0 Å². The Hall–Kier alpha value is -0.0800. The zero-order valence-corrected chi connectivity index (χ0v) is 10.3. The van der Waals surface area contributed by atoms with Gasteiger partial charge in [0, 0.05) is 12.6 Å². The molecule has 1 aliphatic heterocycles. The Morgan fingerprint density at radius 2 is 2.07 bits per heavy atom. The number of hydrogen-bond donors (Lipinski definition) is 0. The third kappa shape index (κ3) is 3.97. The van der Waals surface area contributed by atoms with Gasteiger partial charge in [-0.2, -0.15) is 0 Å². The highest BCUT2D eigenvalue weighted by Gasteiger charge is 2.24. The lowest BCUT2D eigenvalue weighted by Gasteiger charge is -2.28. The van der Waals surface area contributed by atoms with Crippen LogP contribution in [0.3, 0.4) is 0 Å². The van der Waals surface area contributed by atoms with E-state index >= 15 is 0 Å². The Morgan fingerprint density at radius 1 is 1.43 bits per heavy atom. The van der Waals surface area contributed by atoms with Crippen LogP contribution in [0.2, 0.25) is 0 Å². The maximum absolute atomic E-state index is 5.80. The molecule has 0 aliphatic carbocycles. The van der Waals surface area contributed by atoms with Crippen molar-refractivity contribution < 1.29 is 4.74 Å². The Balaban J connectivity index is 2.25. The zero-order valence-electron chi connectivity index (χ0n) is 10.3. The topological polar surface area (TPSA) is 12.5 Å². The monoisotopic (exact) mass is 199 g/mol. The lowest BCUT2D eigenvalue weighted by molar-refractivity contribution is -0.0288. The van der Waals surface area contributed by atoms with E-state index in [0.29, 0.717) is 6.04 Å². The summed E-state index contributed by atoms with van der Waals surface area (Å²) >= 11 is 0. The van der Waals surface area contributed by atoms with Crippen molar-refractivity contribution in [3.05, 3.63) is 0 Å². The molecular weight excluding hydrogens is 174 g/mol. The summed E-state index contributed by atoms with van der Waals surface area (Å²) in [5, 5.41) is 0. The van der Waals surface area contributed by atoms with Gasteiger partial charge in [0.1, 0.15) is 0 Å². The van der Waals surface area contributed by atoms with Gasteiger partial charge in [0.15, 0.2) is 0 Å². The van der Waals surface area contributed by atoms with E-state index < -0.39 is 0 Å². The summed E-state index contributed by atoms with van der Waals surface area (Å²) in [6.07, 6.45) is 1.35. The maximum atomic E-state index is 5.80. The second-order valence-corrected chi connectivity index (χ2v) is 5.66. The highest BCUT2D eigenvalue weighted by molar-refractivity contribution is 4.77. The van der Waals surface area contributed by atoms with E-state index in [1.807, 2.05) is 0 Å². The first-order chi connectivity index (χ1) is 6.38. The summed E-state index contributed by atoms with van der Waals surface area (Å²) in [6.45, 7) is 14.3. The van der Waals surface area contributed by atoms with Crippen LogP contribution in [-0.4, -0.2) is 36.2 Å². The van der Waals surface area contributed by atoms with Crippen molar-refractivity contribution >= 4 is 0 Å². The number of ether oxygens (including phenoxy) is 1. The second-order valence-electron chi connectivity index (χ2n) is 5.66. The standard InChI is InChI=1S/C12H25NO/c1-10-6-7-13(8-10)11(2)9-14-12(3,4)5/h10-11H,6-9H2,1-5H3/t10-,11+/m1/s1. The molecule has 2 atom stereocenters. The molecular formula is C12H25NO. The number of nitrogens with zero attached hydrogens (tertiary/aromatic N) is 1. The van der Waals surface area contributed by atoms with Crippen LogP contribution in [0.1, 0.15) is 41.0 Å². The first-order valence-corrected chi connectivity index (χ1v) is 5.76. The van der Waals surface area contributed by atoms with E-state index in [0.717, 1.165) is 12.5 Å². The van der Waals surface area contributed by atoms with Crippen molar-refractivity contribution in [3.63, 3.8) is 0 Å². The molecule has 0 amide bonds. The Kier molecular flexibility index (Phi) is 3.96. The van der Waals surface area contributed by atoms with Crippen LogP contribution in [-0.2, 0) is 4.74 Å². The van der Waals surface area contributed by atoms with Crippen molar-refractivity contribution in [2.75, 3.05) is 19.7 Å². The van der Waals surface area contributed by atoms with E-state index in [9.17, 15) is 0 Å². The van der Waals surface area contributed by atoms with Crippen LogP contribution < -0.4 is 0 Å². The first-order valence-electron chi connectivity index (χ1n) is 5.76. The molecule has 0 spiro atoms. The lowest BCUT2D eigenvalue weighted by atomic mass is 10.2. The van der Waals surface area contributed by atoms with E-state index in [2.05, 4.69) is 39.5 Å². The molecule has 0 bridgehead atoms. The molecule has 2 heteroatoms. The maximum Gasteiger partial charge on any atom is 0.0626 e. The molecule has 1 rings (SSSR count).